The van der Waals surface area contributed by atoms with Crippen LogP contribution in [0.1, 0.15) is 36.0 Å². The van der Waals surface area contributed by atoms with Crippen LogP contribution in [0, 0.1) is 11.6 Å². The van der Waals surface area contributed by atoms with Crippen LogP contribution in [-0.4, -0.2) is 36.4 Å². The number of rotatable bonds is 7. The lowest BCUT2D eigenvalue weighted by Gasteiger charge is -2.16. The van der Waals surface area contributed by atoms with Crippen LogP contribution >= 0.6 is 0 Å². The number of carbonyl (C=O) groups excluding carboxylic acids is 2. The Morgan fingerprint density at radius 1 is 1.11 bits per heavy atom. The van der Waals surface area contributed by atoms with Gasteiger partial charge in [0.05, 0.1) is 17.4 Å². The monoisotopic (exact) mass is 388 g/mol. The molecule has 6 nitrogen and oxygen atoms in total. The Morgan fingerprint density at radius 2 is 1.89 bits per heavy atom. The molecule has 148 valence electrons. The second-order valence-corrected chi connectivity index (χ2v) is 6.63. The van der Waals surface area contributed by atoms with Gasteiger partial charge in [0.25, 0.3) is 5.91 Å². The van der Waals surface area contributed by atoms with E-state index in [1.54, 1.807) is 6.20 Å². The van der Waals surface area contributed by atoms with Crippen molar-refractivity contribution in [1.82, 2.24) is 10.3 Å². The molecule has 0 unspecified atom stereocenters. The standard InChI is InChI=1S/C20H22F2N4O2/c21-14-5-7-16(17(22)12-14)20(28)23-9-3-4-19(27)25-15-6-8-18(24-13-15)26-10-1-2-11-26/h5-8,12-13H,1-4,9-11H2,(H,23,28)(H,25,27). The fraction of sp³-hybridized carbons (Fsp3) is 0.350. The number of aromatic nitrogens is 1. The third kappa shape index (κ3) is 5.25. The molecule has 2 heterocycles. The zero-order chi connectivity index (χ0) is 19.9. The highest BCUT2D eigenvalue weighted by Crippen LogP contribution is 2.19. The summed E-state index contributed by atoms with van der Waals surface area (Å²) in [5.41, 5.74) is 0.389. The summed E-state index contributed by atoms with van der Waals surface area (Å²) in [6.07, 6.45) is 4.55. The fourth-order valence-electron chi connectivity index (χ4n) is 3.04. The van der Waals surface area contributed by atoms with E-state index >= 15 is 0 Å². The number of benzene rings is 1. The van der Waals surface area contributed by atoms with Crippen LogP contribution in [0.25, 0.3) is 0 Å². The predicted molar refractivity (Wildman–Crippen MR) is 102 cm³/mol. The number of amides is 2. The van der Waals surface area contributed by atoms with Gasteiger partial charge in [0.2, 0.25) is 5.91 Å². The number of nitrogens with zero attached hydrogens (tertiary/aromatic N) is 2. The smallest absolute Gasteiger partial charge is 0.254 e. The van der Waals surface area contributed by atoms with Gasteiger partial charge in [-0.1, -0.05) is 0 Å². The Bertz CT molecular complexity index is 837. The lowest BCUT2D eigenvalue weighted by atomic mass is 10.2. The van der Waals surface area contributed by atoms with E-state index in [2.05, 4.69) is 20.5 Å². The van der Waals surface area contributed by atoms with E-state index in [0.717, 1.165) is 31.0 Å². The summed E-state index contributed by atoms with van der Waals surface area (Å²) in [6, 6.07) is 6.47. The Morgan fingerprint density at radius 3 is 2.57 bits per heavy atom. The first-order chi connectivity index (χ1) is 13.5. The number of carbonyl (C=O) groups is 2. The van der Waals surface area contributed by atoms with Crippen LogP contribution in [0.4, 0.5) is 20.3 Å². The van der Waals surface area contributed by atoms with Crippen LogP contribution < -0.4 is 15.5 Å². The summed E-state index contributed by atoms with van der Waals surface area (Å²) < 4.78 is 26.4. The van der Waals surface area contributed by atoms with E-state index < -0.39 is 17.5 Å². The highest BCUT2D eigenvalue weighted by Gasteiger charge is 2.14. The second kappa shape index (κ2) is 9.25. The average Bonchev–Trinajstić information content (AvgIpc) is 3.20. The van der Waals surface area contributed by atoms with Crippen LogP contribution in [0.15, 0.2) is 36.5 Å². The maximum atomic E-state index is 13.5. The van der Waals surface area contributed by atoms with Crippen molar-refractivity contribution < 1.29 is 18.4 Å². The highest BCUT2D eigenvalue weighted by molar-refractivity contribution is 5.94. The number of hydrogen-bond donors (Lipinski definition) is 2. The summed E-state index contributed by atoms with van der Waals surface area (Å²) in [6.45, 7) is 2.22. The van der Waals surface area contributed by atoms with Crippen molar-refractivity contribution in [2.45, 2.75) is 25.7 Å². The quantitative estimate of drug-likeness (QED) is 0.715. The van der Waals surface area contributed by atoms with Crippen LogP contribution in [-0.2, 0) is 4.79 Å². The molecule has 1 saturated heterocycles. The SMILES string of the molecule is O=C(CCCNC(=O)c1ccc(F)cc1F)Nc1ccc(N2CCCC2)nc1. The summed E-state index contributed by atoms with van der Waals surface area (Å²) in [5.74, 6) is -1.59. The maximum absolute atomic E-state index is 13.5. The topological polar surface area (TPSA) is 74.3 Å². The molecule has 1 aromatic carbocycles. The van der Waals surface area contributed by atoms with Gasteiger partial charge in [0, 0.05) is 32.1 Å². The van der Waals surface area contributed by atoms with Crippen molar-refractivity contribution in [2.24, 2.45) is 0 Å². The van der Waals surface area contributed by atoms with Gasteiger partial charge in [0.15, 0.2) is 0 Å². The molecular weight excluding hydrogens is 366 g/mol. The van der Waals surface area contributed by atoms with Crippen LogP contribution in [0.2, 0.25) is 0 Å². The van der Waals surface area contributed by atoms with Gasteiger partial charge in [0.1, 0.15) is 17.5 Å². The molecule has 0 aliphatic carbocycles. The van der Waals surface area contributed by atoms with Gasteiger partial charge in [-0.05, 0) is 43.5 Å². The Kier molecular flexibility index (Phi) is 6.52. The van der Waals surface area contributed by atoms with Gasteiger partial charge in [-0.25, -0.2) is 13.8 Å². The molecule has 8 heteroatoms. The molecule has 0 bridgehead atoms. The van der Waals surface area contributed by atoms with E-state index in [4.69, 9.17) is 0 Å². The molecule has 0 atom stereocenters. The molecule has 2 N–H and O–H groups in total. The van der Waals surface area contributed by atoms with E-state index in [9.17, 15) is 18.4 Å². The molecule has 1 fully saturated rings. The van der Waals surface area contributed by atoms with E-state index in [-0.39, 0.29) is 24.4 Å². The van der Waals surface area contributed by atoms with Crippen molar-refractivity contribution in [3.8, 4) is 0 Å². The predicted octanol–water partition coefficient (Wildman–Crippen LogP) is 3.11. The van der Waals surface area contributed by atoms with Crippen molar-refractivity contribution in [2.75, 3.05) is 29.9 Å². The minimum Gasteiger partial charge on any atom is -0.357 e. The van der Waals surface area contributed by atoms with Gasteiger partial charge < -0.3 is 15.5 Å². The number of hydrogen-bond acceptors (Lipinski definition) is 4. The molecule has 1 aromatic heterocycles. The van der Waals surface area contributed by atoms with Gasteiger partial charge in [-0.15, -0.1) is 0 Å². The molecule has 1 aliphatic rings. The fourth-order valence-corrected chi connectivity index (χ4v) is 3.04. The minimum atomic E-state index is -0.917. The lowest BCUT2D eigenvalue weighted by Crippen LogP contribution is -2.26. The zero-order valence-electron chi connectivity index (χ0n) is 15.4. The lowest BCUT2D eigenvalue weighted by molar-refractivity contribution is -0.116. The summed E-state index contributed by atoms with van der Waals surface area (Å²) in [7, 11) is 0. The van der Waals surface area contributed by atoms with Crippen molar-refractivity contribution in [3.05, 3.63) is 53.7 Å². The third-order valence-electron chi connectivity index (χ3n) is 4.50. The highest BCUT2D eigenvalue weighted by atomic mass is 19.1. The number of halogens is 2. The molecule has 0 radical (unpaired) electrons. The third-order valence-corrected chi connectivity index (χ3v) is 4.50. The average molecular weight is 388 g/mol. The second-order valence-electron chi connectivity index (χ2n) is 6.63. The number of anilines is 2. The van der Waals surface area contributed by atoms with Crippen LogP contribution in [0.3, 0.4) is 0 Å². The normalized spacial score (nSPS) is 13.4. The van der Waals surface area contributed by atoms with Gasteiger partial charge in [-0.3, -0.25) is 9.59 Å². The molecule has 28 heavy (non-hydrogen) atoms. The molecule has 3 rings (SSSR count). The molecule has 1 aliphatic heterocycles. The minimum absolute atomic E-state index is 0.195. The van der Waals surface area contributed by atoms with E-state index in [1.807, 2.05) is 12.1 Å². The Labute approximate surface area is 162 Å². The first-order valence-corrected chi connectivity index (χ1v) is 9.27. The van der Waals surface area contributed by atoms with Crippen molar-refractivity contribution in [1.29, 1.82) is 0 Å². The summed E-state index contributed by atoms with van der Waals surface area (Å²) in [4.78, 5) is 30.4. The molecular formula is C20H22F2N4O2. The van der Waals surface area contributed by atoms with Crippen LogP contribution in [0.5, 0.6) is 0 Å². The molecule has 0 spiro atoms. The van der Waals surface area contributed by atoms with Crippen molar-refractivity contribution >= 4 is 23.3 Å². The van der Waals surface area contributed by atoms with Crippen molar-refractivity contribution in [3.63, 3.8) is 0 Å². The largest absolute Gasteiger partial charge is 0.357 e. The van der Waals surface area contributed by atoms with E-state index in [0.29, 0.717) is 18.2 Å². The Balaban J connectivity index is 1.39. The van der Waals surface area contributed by atoms with Gasteiger partial charge >= 0.3 is 0 Å². The molecule has 2 aromatic rings. The summed E-state index contributed by atoms with van der Waals surface area (Å²) >= 11 is 0. The Hall–Kier alpha value is -3.03. The van der Waals surface area contributed by atoms with E-state index in [1.165, 1.54) is 12.8 Å². The molecule has 0 saturated carbocycles. The van der Waals surface area contributed by atoms with Gasteiger partial charge in [-0.2, -0.15) is 0 Å². The summed E-state index contributed by atoms with van der Waals surface area (Å²) in [5, 5.41) is 5.28. The number of nitrogens with one attached hydrogen (secondary N) is 2. The number of pyridine rings is 1. The first-order valence-electron chi connectivity index (χ1n) is 9.27. The molecule has 2 amide bonds. The maximum Gasteiger partial charge on any atom is 0.254 e. The zero-order valence-corrected chi connectivity index (χ0v) is 15.4. The first kappa shape index (κ1) is 19.7.